The summed E-state index contributed by atoms with van der Waals surface area (Å²) in [6.45, 7) is 5.31. The van der Waals surface area contributed by atoms with Crippen LogP contribution < -0.4 is 0 Å². The lowest BCUT2D eigenvalue weighted by Gasteiger charge is -2.15. The van der Waals surface area contributed by atoms with E-state index in [1.54, 1.807) is 0 Å². The topological polar surface area (TPSA) is 55.8 Å². The van der Waals surface area contributed by atoms with Gasteiger partial charge in [-0.3, -0.25) is 4.79 Å². The van der Waals surface area contributed by atoms with Gasteiger partial charge in [0.25, 0.3) is 0 Å². The molecule has 0 aromatic rings. The molecular weight excluding hydrogens is 629 g/mol. The number of allylic oxidation sites excluding steroid dienone is 8. The summed E-state index contributed by atoms with van der Waals surface area (Å²) in [5, 5.41) is 9.61. The molecule has 0 aliphatic heterocycles. The lowest BCUT2D eigenvalue weighted by Crippen LogP contribution is -2.27. The van der Waals surface area contributed by atoms with Crippen LogP contribution in [0.25, 0.3) is 0 Å². The first-order chi connectivity index (χ1) is 25.2. The molecule has 0 radical (unpaired) electrons. The molecule has 0 saturated heterocycles. The molecule has 1 atom stereocenters. The lowest BCUT2D eigenvalue weighted by atomic mass is 10.1. The van der Waals surface area contributed by atoms with Gasteiger partial charge in [0.15, 0.2) is 0 Å². The molecule has 0 aromatic carbocycles. The zero-order chi connectivity index (χ0) is 37.0. The Morgan fingerprint density at radius 3 is 1.29 bits per heavy atom. The van der Waals surface area contributed by atoms with E-state index in [0.717, 1.165) is 44.9 Å². The van der Waals surface area contributed by atoms with Crippen LogP contribution in [0, 0.1) is 0 Å². The minimum atomic E-state index is -0.542. The van der Waals surface area contributed by atoms with E-state index >= 15 is 0 Å². The molecule has 0 aliphatic carbocycles. The number of hydrogen-bond donors (Lipinski definition) is 1. The van der Waals surface area contributed by atoms with E-state index in [4.69, 9.17) is 9.47 Å². The highest BCUT2D eigenvalue weighted by Gasteiger charge is 2.13. The maximum atomic E-state index is 12.2. The fourth-order valence-electron chi connectivity index (χ4n) is 6.27. The van der Waals surface area contributed by atoms with Crippen molar-refractivity contribution < 1.29 is 19.4 Å². The molecule has 1 unspecified atom stereocenters. The molecule has 298 valence electrons. The molecule has 0 aliphatic rings. The Morgan fingerprint density at radius 1 is 0.471 bits per heavy atom. The van der Waals surface area contributed by atoms with Gasteiger partial charge in [0.1, 0.15) is 6.10 Å². The zero-order valence-corrected chi connectivity index (χ0v) is 34.1. The minimum absolute atomic E-state index is 0.178. The first-order valence-electron chi connectivity index (χ1n) is 22.2. The van der Waals surface area contributed by atoms with Gasteiger partial charge in [0.2, 0.25) is 0 Å². The van der Waals surface area contributed by atoms with Crippen LogP contribution in [0.2, 0.25) is 0 Å². The van der Waals surface area contributed by atoms with E-state index in [1.165, 1.54) is 154 Å². The number of ether oxygens (including phenoxy) is 2. The number of aliphatic hydroxyl groups is 1. The second-order valence-electron chi connectivity index (χ2n) is 14.8. The standard InChI is InChI=1S/C47H86O4/c1-3-5-7-9-11-13-15-17-19-21-23-25-27-29-31-33-35-37-39-41-43-50-45-46(44-48)51-47(49)42-40-38-36-34-32-30-28-26-24-22-20-18-16-14-12-10-8-6-4-2/h12,14,17-20,24,26,46,48H,3-11,13,15-16,21-23,25,27-45H2,1-2H3/b14-12-,19-17-,20-18-,26-24-. The van der Waals surface area contributed by atoms with Crippen LogP contribution in [0.5, 0.6) is 0 Å². The van der Waals surface area contributed by atoms with Crippen LogP contribution in [0.3, 0.4) is 0 Å². The summed E-state index contributed by atoms with van der Waals surface area (Å²) in [6.07, 6.45) is 57.4. The number of hydrogen-bond acceptors (Lipinski definition) is 4. The van der Waals surface area contributed by atoms with Crippen molar-refractivity contribution in [2.24, 2.45) is 0 Å². The van der Waals surface area contributed by atoms with Gasteiger partial charge in [-0.25, -0.2) is 0 Å². The second kappa shape index (κ2) is 44.5. The van der Waals surface area contributed by atoms with Crippen LogP contribution in [-0.2, 0) is 14.3 Å². The highest BCUT2D eigenvalue weighted by Crippen LogP contribution is 2.13. The van der Waals surface area contributed by atoms with Gasteiger partial charge in [-0.2, -0.15) is 0 Å². The quantitative estimate of drug-likeness (QED) is 0.0389. The second-order valence-corrected chi connectivity index (χ2v) is 14.8. The molecule has 0 amide bonds. The predicted octanol–water partition coefficient (Wildman–Crippen LogP) is 14.7. The van der Waals surface area contributed by atoms with E-state index < -0.39 is 6.10 Å². The molecule has 0 spiro atoms. The summed E-state index contributed by atoms with van der Waals surface area (Å²) >= 11 is 0. The summed E-state index contributed by atoms with van der Waals surface area (Å²) in [7, 11) is 0. The summed E-state index contributed by atoms with van der Waals surface area (Å²) in [5.74, 6) is -0.213. The Morgan fingerprint density at radius 2 is 0.824 bits per heavy atom. The fourth-order valence-corrected chi connectivity index (χ4v) is 6.27. The van der Waals surface area contributed by atoms with E-state index in [0.29, 0.717) is 19.6 Å². The molecule has 51 heavy (non-hydrogen) atoms. The third kappa shape index (κ3) is 42.7. The Balaban J connectivity index is 3.45. The van der Waals surface area contributed by atoms with Gasteiger partial charge >= 0.3 is 5.97 Å². The number of rotatable bonds is 41. The SMILES string of the molecule is CCCCC/C=C\C/C=C\C/C=C\CCCCCCCCC(=O)OC(CO)COCCCCCCCCCCCC/C=C\CCCCCCCC. The average Bonchev–Trinajstić information content (AvgIpc) is 3.14. The highest BCUT2D eigenvalue weighted by molar-refractivity contribution is 5.69. The minimum Gasteiger partial charge on any atom is -0.457 e. The smallest absolute Gasteiger partial charge is 0.306 e. The summed E-state index contributed by atoms with van der Waals surface area (Å²) in [6, 6.07) is 0. The van der Waals surface area contributed by atoms with Crippen LogP contribution in [0.15, 0.2) is 48.6 Å². The van der Waals surface area contributed by atoms with Gasteiger partial charge in [-0.1, -0.05) is 184 Å². The molecule has 0 fully saturated rings. The van der Waals surface area contributed by atoms with Crippen LogP contribution in [0.4, 0.5) is 0 Å². The van der Waals surface area contributed by atoms with Crippen LogP contribution >= 0.6 is 0 Å². The number of esters is 1. The maximum absolute atomic E-state index is 12.2. The van der Waals surface area contributed by atoms with Gasteiger partial charge < -0.3 is 14.6 Å². The van der Waals surface area contributed by atoms with E-state index in [9.17, 15) is 9.90 Å². The van der Waals surface area contributed by atoms with Crippen LogP contribution in [0.1, 0.15) is 219 Å². The number of carbonyl (C=O) groups is 1. The van der Waals surface area contributed by atoms with E-state index in [-0.39, 0.29) is 12.6 Å². The van der Waals surface area contributed by atoms with Crippen molar-refractivity contribution in [1.29, 1.82) is 0 Å². The number of carbonyl (C=O) groups excluding carboxylic acids is 1. The average molecular weight is 715 g/mol. The summed E-state index contributed by atoms with van der Waals surface area (Å²) in [5.41, 5.74) is 0. The Bertz CT molecular complexity index is 798. The fraction of sp³-hybridized carbons (Fsp3) is 0.809. The molecule has 0 heterocycles. The normalized spacial score (nSPS) is 12.8. The molecule has 1 N–H and O–H groups in total. The van der Waals surface area contributed by atoms with Crippen molar-refractivity contribution in [3.63, 3.8) is 0 Å². The first kappa shape index (κ1) is 49.4. The van der Waals surface area contributed by atoms with Crippen LogP contribution in [-0.4, -0.2) is 37.0 Å². The van der Waals surface area contributed by atoms with Gasteiger partial charge in [-0.05, 0) is 77.0 Å². The van der Waals surface area contributed by atoms with Crippen molar-refractivity contribution >= 4 is 5.97 Å². The largest absolute Gasteiger partial charge is 0.457 e. The Labute approximate surface area is 318 Å². The van der Waals surface area contributed by atoms with Crippen molar-refractivity contribution in [2.45, 2.75) is 225 Å². The lowest BCUT2D eigenvalue weighted by molar-refractivity contribution is -0.154. The molecule has 0 saturated carbocycles. The maximum Gasteiger partial charge on any atom is 0.306 e. The molecule has 0 aromatic heterocycles. The van der Waals surface area contributed by atoms with Crippen molar-refractivity contribution in [3.05, 3.63) is 48.6 Å². The molecular formula is C47H86O4. The van der Waals surface area contributed by atoms with E-state index in [1.807, 2.05) is 0 Å². The van der Waals surface area contributed by atoms with Gasteiger partial charge in [0.05, 0.1) is 13.2 Å². The predicted molar refractivity (Wildman–Crippen MR) is 223 cm³/mol. The third-order valence-electron chi connectivity index (χ3n) is 9.63. The Kier molecular flexibility index (Phi) is 43.1. The molecule has 4 nitrogen and oxygen atoms in total. The van der Waals surface area contributed by atoms with Crippen molar-refractivity contribution in [1.82, 2.24) is 0 Å². The van der Waals surface area contributed by atoms with Gasteiger partial charge in [-0.15, -0.1) is 0 Å². The summed E-state index contributed by atoms with van der Waals surface area (Å²) < 4.78 is 11.2. The number of unbranched alkanes of at least 4 members (excludes halogenated alkanes) is 25. The molecule has 4 heteroatoms. The molecule has 0 bridgehead atoms. The summed E-state index contributed by atoms with van der Waals surface area (Å²) in [4.78, 5) is 12.2. The zero-order valence-electron chi connectivity index (χ0n) is 34.1. The van der Waals surface area contributed by atoms with Gasteiger partial charge in [0, 0.05) is 13.0 Å². The van der Waals surface area contributed by atoms with Crippen molar-refractivity contribution in [2.75, 3.05) is 19.8 Å². The monoisotopic (exact) mass is 715 g/mol. The molecule has 0 rings (SSSR count). The van der Waals surface area contributed by atoms with E-state index in [2.05, 4.69) is 62.5 Å². The number of aliphatic hydroxyl groups excluding tert-OH is 1. The Hall–Kier alpha value is -1.65. The van der Waals surface area contributed by atoms with Crippen molar-refractivity contribution in [3.8, 4) is 0 Å². The first-order valence-corrected chi connectivity index (χ1v) is 22.2. The third-order valence-corrected chi connectivity index (χ3v) is 9.63. The highest BCUT2D eigenvalue weighted by atomic mass is 16.6.